The predicted octanol–water partition coefficient (Wildman–Crippen LogP) is 3.05. The van der Waals surface area contributed by atoms with Crippen LogP contribution in [0.5, 0.6) is 5.75 Å². The summed E-state index contributed by atoms with van der Waals surface area (Å²) in [4.78, 5) is 19.0. The van der Waals surface area contributed by atoms with Crippen LogP contribution < -0.4 is 4.74 Å². The number of carbonyl (C=O) groups is 1. The second-order valence-electron chi connectivity index (χ2n) is 4.56. The zero-order valence-electron chi connectivity index (χ0n) is 11.3. The Labute approximate surface area is 112 Å². The fourth-order valence-corrected chi connectivity index (χ4v) is 1.77. The lowest BCUT2D eigenvalue weighted by Gasteiger charge is -2.10. The van der Waals surface area contributed by atoms with Crippen molar-refractivity contribution in [3.8, 4) is 17.0 Å². The van der Waals surface area contributed by atoms with E-state index in [1.54, 1.807) is 0 Å². The summed E-state index contributed by atoms with van der Waals surface area (Å²) in [6, 6.07) is 9.49. The molecule has 0 aliphatic rings. The number of nitrogens with zero attached hydrogens (tertiary/aromatic N) is 2. The molecule has 1 aromatic heterocycles. The van der Waals surface area contributed by atoms with Gasteiger partial charge in [0.25, 0.3) is 0 Å². The molecule has 0 spiro atoms. The maximum Gasteiger partial charge on any atom is 0.193 e. The van der Waals surface area contributed by atoms with Gasteiger partial charge in [-0.05, 0) is 51.1 Å². The normalized spacial score (nSPS) is 10.5. The van der Waals surface area contributed by atoms with Crippen molar-refractivity contribution in [2.24, 2.45) is 0 Å². The second kappa shape index (κ2) is 5.61. The molecule has 0 unspecified atom stereocenters. The van der Waals surface area contributed by atoms with Gasteiger partial charge in [0.1, 0.15) is 5.75 Å². The number of ether oxygens (including phenoxy) is 1. The van der Waals surface area contributed by atoms with E-state index in [9.17, 15) is 4.79 Å². The molecule has 0 fully saturated rings. The van der Waals surface area contributed by atoms with Gasteiger partial charge >= 0.3 is 0 Å². The third-order valence-corrected chi connectivity index (χ3v) is 2.50. The Hall–Kier alpha value is -2.23. The molecule has 2 aromatic rings. The minimum Gasteiger partial charge on any atom is -0.491 e. The molecule has 1 aromatic carbocycles. The Morgan fingerprint density at radius 2 is 1.84 bits per heavy atom. The SMILES string of the molecule is Cc1cc(-c2ccc(OC(C)C)cc2)nc(C=O)n1. The van der Waals surface area contributed by atoms with Crippen LogP contribution in [-0.2, 0) is 0 Å². The molecule has 2 rings (SSSR count). The summed E-state index contributed by atoms with van der Waals surface area (Å²) < 4.78 is 5.58. The monoisotopic (exact) mass is 256 g/mol. The average molecular weight is 256 g/mol. The number of aldehydes is 1. The van der Waals surface area contributed by atoms with Gasteiger partial charge in [-0.25, -0.2) is 9.97 Å². The van der Waals surface area contributed by atoms with Crippen molar-refractivity contribution in [1.82, 2.24) is 9.97 Å². The lowest BCUT2D eigenvalue weighted by atomic mass is 10.1. The van der Waals surface area contributed by atoms with Crippen LogP contribution in [0.1, 0.15) is 30.2 Å². The summed E-state index contributed by atoms with van der Waals surface area (Å²) in [6.07, 6.45) is 0.807. The van der Waals surface area contributed by atoms with Gasteiger partial charge in [-0.1, -0.05) is 0 Å². The average Bonchev–Trinajstić information content (AvgIpc) is 2.38. The topological polar surface area (TPSA) is 52.1 Å². The number of benzene rings is 1. The van der Waals surface area contributed by atoms with Crippen molar-refractivity contribution in [3.63, 3.8) is 0 Å². The van der Waals surface area contributed by atoms with Crippen LogP contribution in [0, 0.1) is 6.92 Å². The van der Waals surface area contributed by atoms with Gasteiger partial charge in [0.05, 0.1) is 11.8 Å². The fraction of sp³-hybridized carbons (Fsp3) is 0.267. The van der Waals surface area contributed by atoms with Gasteiger partial charge in [0.15, 0.2) is 12.1 Å². The molecule has 4 nitrogen and oxygen atoms in total. The summed E-state index contributed by atoms with van der Waals surface area (Å²) in [5.41, 5.74) is 2.45. The van der Waals surface area contributed by atoms with E-state index in [1.165, 1.54) is 0 Å². The van der Waals surface area contributed by atoms with Gasteiger partial charge in [-0.2, -0.15) is 0 Å². The summed E-state index contributed by atoms with van der Waals surface area (Å²) in [5.74, 6) is 1.03. The van der Waals surface area contributed by atoms with Crippen molar-refractivity contribution in [2.75, 3.05) is 0 Å². The van der Waals surface area contributed by atoms with Gasteiger partial charge in [0, 0.05) is 11.3 Å². The van der Waals surface area contributed by atoms with Crippen LogP contribution in [0.25, 0.3) is 11.3 Å². The smallest absolute Gasteiger partial charge is 0.193 e. The lowest BCUT2D eigenvalue weighted by molar-refractivity contribution is 0.111. The Morgan fingerprint density at radius 1 is 1.16 bits per heavy atom. The van der Waals surface area contributed by atoms with Crippen LogP contribution in [0.15, 0.2) is 30.3 Å². The minimum atomic E-state index is 0.147. The van der Waals surface area contributed by atoms with Crippen LogP contribution in [-0.4, -0.2) is 22.4 Å². The fourth-order valence-electron chi connectivity index (χ4n) is 1.77. The Bertz CT molecular complexity index is 577. The largest absolute Gasteiger partial charge is 0.491 e. The number of carbonyl (C=O) groups excluding carboxylic acids is 1. The first kappa shape index (κ1) is 13.2. The molecule has 0 N–H and O–H groups in total. The molecule has 0 saturated carbocycles. The molecule has 0 aliphatic carbocycles. The first-order valence-corrected chi connectivity index (χ1v) is 6.16. The first-order valence-electron chi connectivity index (χ1n) is 6.16. The maximum atomic E-state index is 10.8. The molecule has 1 heterocycles. The molecule has 0 radical (unpaired) electrons. The number of aromatic nitrogens is 2. The highest BCUT2D eigenvalue weighted by atomic mass is 16.5. The van der Waals surface area contributed by atoms with Crippen LogP contribution in [0.3, 0.4) is 0 Å². The molecule has 0 saturated heterocycles. The number of hydrogen-bond donors (Lipinski definition) is 0. The molecule has 4 heteroatoms. The van der Waals surface area contributed by atoms with E-state index >= 15 is 0 Å². The van der Waals surface area contributed by atoms with Crippen LogP contribution in [0.4, 0.5) is 0 Å². The number of rotatable bonds is 4. The van der Waals surface area contributed by atoms with E-state index in [0.29, 0.717) is 6.29 Å². The van der Waals surface area contributed by atoms with Crippen molar-refractivity contribution in [2.45, 2.75) is 26.9 Å². The van der Waals surface area contributed by atoms with Crippen molar-refractivity contribution >= 4 is 6.29 Å². The molecule has 0 amide bonds. The van der Waals surface area contributed by atoms with Gasteiger partial charge < -0.3 is 4.74 Å². The van der Waals surface area contributed by atoms with E-state index in [2.05, 4.69) is 9.97 Å². The molecular weight excluding hydrogens is 240 g/mol. The second-order valence-corrected chi connectivity index (χ2v) is 4.56. The lowest BCUT2D eigenvalue weighted by Crippen LogP contribution is -2.05. The number of hydrogen-bond acceptors (Lipinski definition) is 4. The van der Waals surface area contributed by atoms with Gasteiger partial charge in [-0.3, -0.25) is 4.79 Å². The quantitative estimate of drug-likeness (QED) is 0.789. The zero-order valence-corrected chi connectivity index (χ0v) is 11.3. The van der Waals surface area contributed by atoms with Gasteiger partial charge in [-0.15, -0.1) is 0 Å². The Morgan fingerprint density at radius 3 is 2.42 bits per heavy atom. The molecule has 98 valence electrons. The summed E-state index contributed by atoms with van der Waals surface area (Å²) in [6.45, 7) is 5.81. The molecule has 0 aliphatic heterocycles. The third kappa shape index (κ3) is 3.37. The highest BCUT2D eigenvalue weighted by molar-refractivity contribution is 5.71. The van der Waals surface area contributed by atoms with E-state index < -0.39 is 0 Å². The van der Waals surface area contributed by atoms with Crippen LogP contribution in [0.2, 0.25) is 0 Å². The molecule has 0 bridgehead atoms. The standard InChI is InChI=1S/C15H16N2O2/c1-10(2)19-13-6-4-12(5-7-13)14-8-11(3)16-15(9-18)17-14/h4-10H,1-3H3. The van der Waals surface area contributed by atoms with E-state index in [-0.39, 0.29) is 11.9 Å². The highest BCUT2D eigenvalue weighted by Crippen LogP contribution is 2.21. The Balaban J connectivity index is 2.31. The van der Waals surface area contributed by atoms with E-state index in [0.717, 1.165) is 22.7 Å². The van der Waals surface area contributed by atoms with Crippen molar-refractivity contribution in [1.29, 1.82) is 0 Å². The molecule has 0 atom stereocenters. The zero-order chi connectivity index (χ0) is 13.8. The maximum absolute atomic E-state index is 10.8. The molecule has 19 heavy (non-hydrogen) atoms. The van der Waals surface area contributed by atoms with Crippen molar-refractivity contribution < 1.29 is 9.53 Å². The third-order valence-electron chi connectivity index (χ3n) is 2.50. The van der Waals surface area contributed by atoms with Gasteiger partial charge in [0.2, 0.25) is 0 Å². The van der Waals surface area contributed by atoms with Crippen LogP contribution >= 0.6 is 0 Å². The number of aryl methyl sites for hydroxylation is 1. The van der Waals surface area contributed by atoms with E-state index in [4.69, 9.17) is 4.74 Å². The summed E-state index contributed by atoms with van der Waals surface area (Å²) >= 11 is 0. The van der Waals surface area contributed by atoms with E-state index in [1.807, 2.05) is 51.1 Å². The van der Waals surface area contributed by atoms with Crippen molar-refractivity contribution in [3.05, 3.63) is 41.9 Å². The highest BCUT2D eigenvalue weighted by Gasteiger charge is 2.05. The Kier molecular flexibility index (Phi) is 3.90. The predicted molar refractivity (Wildman–Crippen MR) is 73.4 cm³/mol. The molecular formula is C15H16N2O2. The first-order chi connectivity index (χ1) is 9.08. The minimum absolute atomic E-state index is 0.147. The summed E-state index contributed by atoms with van der Waals surface area (Å²) in [7, 11) is 0. The summed E-state index contributed by atoms with van der Waals surface area (Å²) in [5, 5.41) is 0.